The molecule has 0 saturated carbocycles. The van der Waals surface area contributed by atoms with Gasteiger partial charge < -0.3 is 14.3 Å². The number of carbonyl (C=O) groups excluding carboxylic acids is 1. The van der Waals surface area contributed by atoms with Gasteiger partial charge in [-0.1, -0.05) is 56.9 Å². The monoisotopic (exact) mass is 651 g/mol. The lowest BCUT2D eigenvalue weighted by Crippen LogP contribution is -2.49. The molecule has 2 aromatic rings. The highest BCUT2D eigenvalue weighted by Gasteiger charge is 2.27. The van der Waals surface area contributed by atoms with Crippen LogP contribution in [0.25, 0.3) is 0 Å². The number of piperidine rings is 1. The number of amides is 1. The first-order valence-corrected chi connectivity index (χ1v) is 17.0. The predicted octanol–water partition coefficient (Wildman–Crippen LogP) is 6.52. The molecule has 0 spiro atoms. The Hall–Kier alpha value is -3.88. The number of nitrogens with one attached hydrogen (secondary N) is 1. The maximum Gasteiger partial charge on any atom is 0.294 e. The third-order valence-electron chi connectivity index (χ3n) is 9.19. The number of hydrazine groups is 1. The summed E-state index contributed by atoms with van der Waals surface area (Å²) in [5.41, 5.74) is 5.27. The van der Waals surface area contributed by atoms with E-state index in [0.717, 1.165) is 50.0 Å². The Kier molecular flexibility index (Phi) is 16.3. The molecule has 1 N–H and O–H groups in total. The molecule has 2 aromatic carbocycles. The van der Waals surface area contributed by atoms with Crippen LogP contribution in [0.1, 0.15) is 88.8 Å². The minimum Gasteiger partial charge on any atom is -0.497 e. The van der Waals surface area contributed by atoms with Crippen LogP contribution >= 0.6 is 0 Å². The van der Waals surface area contributed by atoms with Crippen molar-refractivity contribution in [3.05, 3.63) is 69.8 Å². The molecule has 1 saturated heterocycles. The van der Waals surface area contributed by atoms with Crippen LogP contribution in [0.15, 0.2) is 48.5 Å². The molecule has 1 amide bonds. The Labute approximate surface area is 280 Å². The Morgan fingerprint density at radius 1 is 1.06 bits per heavy atom. The number of likely N-dealkylation sites (N-methyl/N-ethyl adjacent to an activating group) is 1. The summed E-state index contributed by atoms with van der Waals surface area (Å²) < 4.78 is 11.1. The molecule has 47 heavy (non-hydrogen) atoms. The Morgan fingerprint density at radius 2 is 1.74 bits per heavy atom. The van der Waals surface area contributed by atoms with Gasteiger partial charge in [-0.05, 0) is 93.8 Å². The summed E-state index contributed by atoms with van der Waals surface area (Å²) in [6.07, 6.45) is 9.17. The molecule has 0 bridgehead atoms. The Bertz CT molecular complexity index is 1240. The molecular formula is C36H53N5O6. The summed E-state index contributed by atoms with van der Waals surface area (Å²) >= 11 is 0. The van der Waals surface area contributed by atoms with Crippen molar-refractivity contribution in [2.45, 2.75) is 90.2 Å². The first kappa shape index (κ1) is 37.6. The van der Waals surface area contributed by atoms with E-state index in [1.807, 2.05) is 29.3 Å². The molecule has 0 aromatic heterocycles. The zero-order valence-electron chi connectivity index (χ0n) is 28.6. The van der Waals surface area contributed by atoms with E-state index in [9.17, 15) is 20.2 Å². The fraction of sp³-hybridized carbons (Fsp3) is 0.611. The lowest BCUT2D eigenvalue weighted by Gasteiger charge is -2.33. The number of hydrogen-bond acceptors (Lipinski definition) is 9. The fourth-order valence-electron chi connectivity index (χ4n) is 6.19. The number of ether oxygens (including phenoxy) is 2. The van der Waals surface area contributed by atoms with Crippen molar-refractivity contribution >= 4 is 5.91 Å². The van der Waals surface area contributed by atoms with E-state index in [0.29, 0.717) is 31.7 Å². The molecule has 1 heterocycles. The number of benzene rings is 2. The van der Waals surface area contributed by atoms with Crippen LogP contribution in [-0.4, -0.2) is 67.4 Å². The minimum absolute atomic E-state index is 0.0500. The van der Waals surface area contributed by atoms with Gasteiger partial charge in [0.1, 0.15) is 17.6 Å². The van der Waals surface area contributed by atoms with E-state index < -0.39 is 11.2 Å². The van der Waals surface area contributed by atoms with Crippen molar-refractivity contribution in [2.24, 2.45) is 11.8 Å². The highest BCUT2D eigenvalue weighted by Crippen LogP contribution is 2.30. The molecule has 258 valence electrons. The van der Waals surface area contributed by atoms with Gasteiger partial charge in [0.25, 0.3) is 11.0 Å². The molecule has 1 fully saturated rings. The normalized spacial score (nSPS) is 15.7. The van der Waals surface area contributed by atoms with Gasteiger partial charge in [0, 0.05) is 31.6 Å². The van der Waals surface area contributed by atoms with Gasteiger partial charge in [-0.3, -0.25) is 15.1 Å². The first-order chi connectivity index (χ1) is 22.7. The quantitative estimate of drug-likeness (QED) is 0.0911. The summed E-state index contributed by atoms with van der Waals surface area (Å²) in [7, 11) is 3.81. The van der Waals surface area contributed by atoms with E-state index in [1.54, 1.807) is 14.0 Å². The number of carbonyl (C=O) groups is 1. The lowest BCUT2D eigenvalue weighted by molar-refractivity contribution is -0.769. The van der Waals surface area contributed by atoms with Gasteiger partial charge >= 0.3 is 0 Å². The van der Waals surface area contributed by atoms with Crippen LogP contribution in [0.2, 0.25) is 0 Å². The third-order valence-corrected chi connectivity index (χ3v) is 9.19. The highest BCUT2D eigenvalue weighted by molar-refractivity contribution is 5.77. The number of methoxy groups -OCH3 is 1. The SMILES string of the molecule is CCCCCCC(C#N)CCC(c1ccc(OCC(=O)NN2CCC(C(C)O[N+](=O)[O-])CC2)cc1)N(C)CCc1ccc(OC)cc1. The summed E-state index contributed by atoms with van der Waals surface area (Å²) in [5.74, 6) is 1.33. The molecule has 3 atom stereocenters. The van der Waals surface area contributed by atoms with Crippen LogP contribution in [0, 0.1) is 33.3 Å². The standard InChI is InChI=1S/C36H53N5O6/c1-5-6-7-8-9-30(26-37)12-19-35(39(3)23-20-29-10-15-33(45-4)16-11-29)32-13-17-34(18-14-32)46-27-36(42)38-40-24-21-31(22-25-40)28(2)47-41(43)44/h10-11,13-18,28,30-31,35H,5-9,12,19-25,27H2,1-4H3,(H,38,42). The van der Waals surface area contributed by atoms with Crippen molar-refractivity contribution in [1.82, 2.24) is 15.3 Å². The van der Waals surface area contributed by atoms with E-state index in [-0.39, 0.29) is 30.4 Å². The largest absolute Gasteiger partial charge is 0.497 e. The predicted molar refractivity (Wildman–Crippen MR) is 181 cm³/mol. The van der Waals surface area contributed by atoms with Crippen LogP contribution in [0.3, 0.4) is 0 Å². The van der Waals surface area contributed by atoms with Crippen molar-refractivity contribution in [3.8, 4) is 17.6 Å². The maximum atomic E-state index is 12.6. The maximum absolute atomic E-state index is 12.6. The number of nitriles is 1. The number of rotatable bonds is 21. The van der Waals surface area contributed by atoms with Gasteiger partial charge in [0.2, 0.25) is 0 Å². The molecule has 3 unspecified atom stereocenters. The van der Waals surface area contributed by atoms with Gasteiger partial charge in [-0.15, -0.1) is 10.1 Å². The van der Waals surface area contributed by atoms with Crippen molar-refractivity contribution in [1.29, 1.82) is 5.26 Å². The van der Waals surface area contributed by atoms with Gasteiger partial charge in [-0.2, -0.15) is 5.26 Å². The van der Waals surface area contributed by atoms with Gasteiger partial charge in [0.15, 0.2) is 6.61 Å². The van der Waals surface area contributed by atoms with Gasteiger partial charge in [-0.25, -0.2) is 5.01 Å². The minimum atomic E-state index is -0.744. The van der Waals surface area contributed by atoms with Crippen LogP contribution in [-0.2, 0) is 16.1 Å². The molecule has 0 aliphatic carbocycles. The van der Waals surface area contributed by atoms with Crippen molar-refractivity contribution < 1.29 is 24.2 Å². The second kappa shape index (κ2) is 20.4. The summed E-state index contributed by atoms with van der Waals surface area (Å²) in [6.45, 7) is 5.84. The molecule has 11 nitrogen and oxygen atoms in total. The van der Waals surface area contributed by atoms with Crippen LogP contribution in [0.4, 0.5) is 0 Å². The average Bonchev–Trinajstić information content (AvgIpc) is 3.08. The van der Waals surface area contributed by atoms with E-state index in [4.69, 9.17) is 14.3 Å². The zero-order valence-corrected chi connectivity index (χ0v) is 28.6. The Morgan fingerprint density at radius 3 is 2.36 bits per heavy atom. The van der Waals surface area contributed by atoms with Crippen molar-refractivity contribution in [2.75, 3.05) is 40.4 Å². The number of nitrogens with zero attached hydrogens (tertiary/aromatic N) is 4. The van der Waals surface area contributed by atoms with Crippen LogP contribution < -0.4 is 14.9 Å². The number of hydrogen-bond donors (Lipinski definition) is 1. The number of unbranched alkanes of at least 4 members (excludes halogenated alkanes) is 3. The molecule has 3 rings (SSSR count). The summed E-state index contributed by atoms with van der Waals surface area (Å²) in [4.78, 5) is 30.3. The summed E-state index contributed by atoms with van der Waals surface area (Å²) in [6, 6.07) is 18.8. The Balaban J connectivity index is 1.55. The smallest absolute Gasteiger partial charge is 0.294 e. The van der Waals surface area contributed by atoms with E-state index in [2.05, 4.69) is 54.6 Å². The second-order valence-electron chi connectivity index (χ2n) is 12.6. The molecule has 1 aliphatic rings. The lowest BCUT2D eigenvalue weighted by atomic mass is 9.92. The molecule has 11 heteroatoms. The average molecular weight is 652 g/mol. The van der Waals surface area contributed by atoms with E-state index >= 15 is 0 Å². The first-order valence-electron chi connectivity index (χ1n) is 17.0. The molecular weight excluding hydrogens is 598 g/mol. The zero-order chi connectivity index (χ0) is 34.0. The van der Waals surface area contributed by atoms with Crippen molar-refractivity contribution in [3.63, 3.8) is 0 Å². The van der Waals surface area contributed by atoms with Crippen LogP contribution in [0.5, 0.6) is 11.5 Å². The topological polar surface area (TPSA) is 130 Å². The molecule has 1 aliphatic heterocycles. The van der Waals surface area contributed by atoms with Gasteiger partial charge in [0.05, 0.1) is 13.2 Å². The highest BCUT2D eigenvalue weighted by atomic mass is 17.0. The third kappa shape index (κ3) is 13.4. The fourth-order valence-corrected chi connectivity index (χ4v) is 6.19. The van der Waals surface area contributed by atoms with E-state index in [1.165, 1.54) is 24.8 Å². The molecule has 0 radical (unpaired) electrons. The second-order valence-corrected chi connectivity index (χ2v) is 12.6. The summed E-state index contributed by atoms with van der Waals surface area (Å²) in [5, 5.41) is 21.6.